The standard InChI is InChI=1S/C21H23F2N5O2/c22-16-2-3-17(18(23)14-16)20(30)26-8-4-15(5-9-26)19(29)27-10-12-28(13-11-27)21-24-6-1-7-25-21/h1-3,6-7,14-15H,4-5,8-13H2. The van der Waals surface area contributed by atoms with E-state index in [9.17, 15) is 18.4 Å². The van der Waals surface area contributed by atoms with Crippen molar-refractivity contribution in [3.05, 3.63) is 53.9 Å². The first-order valence-corrected chi connectivity index (χ1v) is 10.1. The van der Waals surface area contributed by atoms with E-state index < -0.39 is 17.5 Å². The second-order valence-electron chi connectivity index (χ2n) is 7.55. The molecule has 0 bridgehead atoms. The Hall–Kier alpha value is -3.10. The summed E-state index contributed by atoms with van der Waals surface area (Å²) in [5.41, 5.74) is -0.138. The Labute approximate surface area is 173 Å². The van der Waals surface area contributed by atoms with Gasteiger partial charge in [0.15, 0.2) is 0 Å². The van der Waals surface area contributed by atoms with Gasteiger partial charge in [0.25, 0.3) is 5.91 Å². The van der Waals surface area contributed by atoms with E-state index in [1.165, 1.54) is 11.0 Å². The molecule has 2 saturated heterocycles. The van der Waals surface area contributed by atoms with Gasteiger partial charge in [-0.2, -0.15) is 0 Å². The number of piperidine rings is 1. The Morgan fingerprint density at radius 3 is 2.20 bits per heavy atom. The van der Waals surface area contributed by atoms with Crippen LogP contribution in [0.4, 0.5) is 14.7 Å². The molecule has 7 nitrogen and oxygen atoms in total. The quantitative estimate of drug-likeness (QED) is 0.767. The Morgan fingerprint density at radius 1 is 0.900 bits per heavy atom. The number of rotatable bonds is 3. The fourth-order valence-corrected chi connectivity index (χ4v) is 4.00. The minimum Gasteiger partial charge on any atom is -0.339 e. The number of nitrogens with zero attached hydrogens (tertiary/aromatic N) is 5. The summed E-state index contributed by atoms with van der Waals surface area (Å²) in [4.78, 5) is 39.4. The predicted molar refractivity (Wildman–Crippen MR) is 106 cm³/mol. The highest BCUT2D eigenvalue weighted by molar-refractivity contribution is 5.94. The van der Waals surface area contributed by atoms with Crippen LogP contribution in [0.15, 0.2) is 36.7 Å². The second-order valence-corrected chi connectivity index (χ2v) is 7.55. The minimum atomic E-state index is -0.863. The van der Waals surface area contributed by atoms with Gasteiger partial charge in [0, 0.05) is 63.6 Å². The molecule has 0 atom stereocenters. The molecule has 2 aliphatic rings. The van der Waals surface area contributed by atoms with E-state index in [0.717, 1.165) is 6.07 Å². The number of carbonyl (C=O) groups excluding carboxylic acids is 2. The normalized spacial score (nSPS) is 17.9. The van der Waals surface area contributed by atoms with Gasteiger partial charge in [-0.15, -0.1) is 0 Å². The van der Waals surface area contributed by atoms with Gasteiger partial charge >= 0.3 is 0 Å². The molecule has 2 aliphatic heterocycles. The molecule has 0 radical (unpaired) electrons. The molecule has 4 rings (SSSR count). The number of hydrogen-bond acceptors (Lipinski definition) is 5. The van der Waals surface area contributed by atoms with Crippen LogP contribution >= 0.6 is 0 Å². The van der Waals surface area contributed by atoms with Crippen LogP contribution < -0.4 is 4.90 Å². The summed E-state index contributed by atoms with van der Waals surface area (Å²) >= 11 is 0. The number of carbonyl (C=O) groups is 2. The topological polar surface area (TPSA) is 69.6 Å². The summed E-state index contributed by atoms with van der Waals surface area (Å²) < 4.78 is 27.0. The molecular formula is C21H23F2N5O2. The molecule has 0 spiro atoms. The monoisotopic (exact) mass is 415 g/mol. The maximum absolute atomic E-state index is 13.9. The van der Waals surface area contributed by atoms with Gasteiger partial charge < -0.3 is 14.7 Å². The summed E-state index contributed by atoms with van der Waals surface area (Å²) in [6, 6.07) is 4.72. The number of amides is 2. The zero-order valence-corrected chi connectivity index (χ0v) is 16.5. The lowest BCUT2D eigenvalue weighted by atomic mass is 9.94. The number of aromatic nitrogens is 2. The fraction of sp³-hybridized carbons (Fsp3) is 0.429. The highest BCUT2D eigenvalue weighted by Crippen LogP contribution is 2.23. The largest absolute Gasteiger partial charge is 0.339 e. The van der Waals surface area contributed by atoms with Crippen molar-refractivity contribution in [3.63, 3.8) is 0 Å². The van der Waals surface area contributed by atoms with Crippen LogP contribution in [0.3, 0.4) is 0 Å². The van der Waals surface area contributed by atoms with Gasteiger partial charge in [-0.25, -0.2) is 18.7 Å². The molecule has 0 N–H and O–H groups in total. The van der Waals surface area contributed by atoms with Gasteiger partial charge in [-0.05, 0) is 31.0 Å². The average molecular weight is 415 g/mol. The predicted octanol–water partition coefficient (Wildman–Crippen LogP) is 1.96. The van der Waals surface area contributed by atoms with E-state index >= 15 is 0 Å². The van der Waals surface area contributed by atoms with E-state index in [1.807, 2.05) is 4.90 Å². The third-order valence-corrected chi connectivity index (χ3v) is 5.72. The van der Waals surface area contributed by atoms with E-state index in [-0.39, 0.29) is 17.4 Å². The number of piperazine rings is 1. The lowest BCUT2D eigenvalue weighted by Gasteiger charge is -2.38. The molecular weight excluding hydrogens is 392 g/mol. The maximum atomic E-state index is 13.9. The lowest BCUT2D eigenvalue weighted by molar-refractivity contribution is -0.137. The molecule has 0 saturated carbocycles. The van der Waals surface area contributed by atoms with Crippen LogP contribution in [-0.2, 0) is 4.79 Å². The molecule has 2 fully saturated rings. The summed E-state index contributed by atoms with van der Waals surface area (Å²) in [5, 5.41) is 0. The Bertz CT molecular complexity index is 911. The smallest absolute Gasteiger partial charge is 0.256 e. The number of hydrogen-bond donors (Lipinski definition) is 0. The van der Waals surface area contributed by atoms with E-state index in [1.54, 1.807) is 18.5 Å². The fourth-order valence-electron chi connectivity index (χ4n) is 4.00. The number of benzene rings is 1. The third-order valence-electron chi connectivity index (χ3n) is 5.72. The molecule has 3 heterocycles. The zero-order chi connectivity index (χ0) is 21.1. The Balaban J connectivity index is 1.29. The molecule has 0 unspecified atom stereocenters. The molecule has 9 heteroatoms. The molecule has 158 valence electrons. The third kappa shape index (κ3) is 4.24. The van der Waals surface area contributed by atoms with Crippen molar-refractivity contribution in [1.82, 2.24) is 19.8 Å². The maximum Gasteiger partial charge on any atom is 0.256 e. The van der Waals surface area contributed by atoms with Crippen molar-refractivity contribution < 1.29 is 18.4 Å². The van der Waals surface area contributed by atoms with Gasteiger partial charge in [0.05, 0.1) is 5.56 Å². The van der Waals surface area contributed by atoms with Crippen molar-refractivity contribution >= 4 is 17.8 Å². The second kappa shape index (κ2) is 8.73. The molecule has 1 aromatic carbocycles. The zero-order valence-electron chi connectivity index (χ0n) is 16.5. The number of anilines is 1. The average Bonchev–Trinajstić information content (AvgIpc) is 2.79. The van der Waals surface area contributed by atoms with Crippen molar-refractivity contribution in [1.29, 1.82) is 0 Å². The molecule has 30 heavy (non-hydrogen) atoms. The first-order chi connectivity index (χ1) is 14.5. The molecule has 1 aromatic heterocycles. The van der Waals surface area contributed by atoms with Crippen molar-refractivity contribution in [2.45, 2.75) is 12.8 Å². The van der Waals surface area contributed by atoms with Gasteiger partial charge in [0.2, 0.25) is 11.9 Å². The van der Waals surface area contributed by atoms with Crippen LogP contribution in [0.25, 0.3) is 0 Å². The number of likely N-dealkylation sites (tertiary alicyclic amines) is 1. The minimum absolute atomic E-state index is 0.101. The summed E-state index contributed by atoms with van der Waals surface area (Å²) in [7, 11) is 0. The van der Waals surface area contributed by atoms with Gasteiger partial charge in [0.1, 0.15) is 11.6 Å². The van der Waals surface area contributed by atoms with Gasteiger partial charge in [-0.1, -0.05) is 0 Å². The van der Waals surface area contributed by atoms with Crippen molar-refractivity contribution in [2.75, 3.05) is 44.2 Å². The van der Waals surface area contributed by atoms with Crippen LogP contribution in [0.1, 0.15) is 23.2 Å². The van der Waals surface area contributed by atoms with Crippen LogP contribution in [0, 0.1) is 17.6 Å². The van der Waals surface area contributed by atoms with E-state index in [4.69, 9.17) is 0 Å². The van der Waals surface area contributed by atoms with Gasteiger partial charge in [-0.3, -0.25) is 9.59 Å². The lowest BCUT2D eigenvalue weighted by Crippen LogP contribution is -2.52. The molecule has 2 amide bonds. The number of halogens is 2. The Kier molecular flexibility index (Phi) is 5.87. The SMILES string of the molecule is O=C(c1ccc(F)cc1F)N1CCC(C(=O)N2CCN(c3ncccn3)CC2)CC1. The van der Waals surface area contributed by atoms with Crippen molar-refractivity contribution in [2.24, 2.45) is 5.92 Å². The first kappa shape index (κ1) is 20.2. The molecule has 2 aromatic rings. The highest BCUT2D eigenvalue weighted by atomic mass is 19.1. The van der Waals surface area contributed by atoms with Crippen LogP contribution in [0.5, 0.6) is 0 Å². The van der Waals surface area contributed by atoms with E-state index in [0.29, 0.717) is 64.1 Å². The Morgan fingerprint density at radius 2 is 1.57 bits per heavy atom. The summed E-state index contributed by atoms with van der Waals surface area (Å²) in [5.74, 6) is -1.42. The summed E-state index contributed by atoms with van der Waals surface area (Å²) in [6.07, 6.45) is 4.48. The van der Waals surface area contributed by atoms with Crippen LogP contribution in [-0.4, -0.2) is 70.9 Å². The molecule has 0 aliphatic carbocycles. The summed E-state index contributed by atoms with van der Waals surface area (Å²) in [6.45, 7) is 3.33. The highest BCUT2D eigenvalue weighted by Gasteiger charge is 2.32. The van der Waals surface area contributed by atoms with Crippen LogP contribution in [0.2, 0.25) is 0 Å². The van der Waals surface area contributed by atoms with Crippen molar-refractivity contribution in [3.8, 4) is 0 Å². The van der Waals surface area contributed by atoms with E-state index in [2.05, 4.69) is 14.9 Å². The first-order valence-electron chi connectivity index (χ1n) is 10.1.